The monoisotopic (exact) mass is 192 g/mol. The van der Waals surface area contributed by atoms with E-state index in [0.29, 0.717) is 11.3 Å². The van der Waals surface area contributed by atoms with Gasteiger partial charge in [-0.25, -0.2) is 0 Å². The smallest absolute Gasteiger partial charge is 0.134 e. The van der Waals surface area contributed by atoms with Gasteiger partial charge in [-0.1, -0.05) is 0 Å². The molecule has 2 heterocycles. The molecule has 0 radical (unpaired) electrons. The van der Waals surface area contributed by atoms with Crippen molar-refractivity contribution in [1.29, 1.82) is 0 Å². The first-order valence-electron chi connectivity index (χ1n) is 4.36. The van der Waals surface area contributed by atoms with Crippen LogP contribution < -0.4 is 0 Å². The summed E-state index contributed by atoms with van der Waals surface area (Å²) in [7, 11) is 1.81. The van der Waals surface area contributed by atoms with Gasteiger partial charge in [-0.05, 0) is 19.1 Å². The van der Waals surface area contributed by atoms with E-state index < -0.39 is 5.60 Å². The Labute approximate surface area is 81.8 Å². The van der Waals surface area contributed by atoms with Crippen molar-refractivity contribution in [1.82, 2.24) is 9.78 Å². The van der Waals surface area contributed by atoms with E-state index in [9.17, 15) is 5.11 Å². The molecule has 1 unspecified atom stereocenters. The first-order chi connectivity index (χ1) is 6.60. The second-order valence-electron chi connectivity index (χ2n) is 3.46. The fourth-order valence-corrected chi connectivity index (χ4v) is 1.36. The van der Waals surface area contributed by atoms with Crippen LogP contribution in [0.4, 0.5) is 0 Å². The van der Waals surface area contributed by atoms with E-state index >= 15 is 0 Å². The highest BCUT2D eigenvalue weighted by molar-refractivity contribution is 5.27. The molecule has 0 aliphatic heterocycles. The molecule has 4 heteroatoms. The number of hydrogen-bond donors (Lipinski definition) is 1. The van der Waals surface area contributed by atoms with E-state index in [1.54, 1.807) is 29.9 Å². The Morgan fingerprint density at radius 1 is 1.50 bits per heavy atom. The lowest BCUT2D eigenvalue weighted by molar-refractivity contribution is 0.0960. The van der Waals surface area contributed by atoms with Crippen LogP contribution in [0.2, 0.25) is 0 Å². The van der Waals surface area contributed by atoms with Gasteiger partial charge in [0.25, 0.3) is 0 Å². The average molecular weight is 192 g/mol. The SMILES string of the molecule is Cn1ccc(C(C)(O)c2ccoc2)n1. The zero-order valence-electron chi connectivity index (χ0n) is 8.14. The molecule has 0 bridgehead atoms. The van der Waals surface area contributed by atoms with Gasteiger partial charge in [0.1, 0.15) is 5.60 Å². The molecule has 2 aromatic heterocycles. The highest BCUT2D eigenvalue weighted by atomic mass is 16.3. The molecular formula is C10H12N2O2. The van der Waals surface area contributed by atoms with Crippen molar-refractivity contribution in [2.75, 3.05) is 0 Å². The van der Waals surface area contributed by atoms with Crippen molar-refractivity contribution < 1.29 is 9.52 Å². The zero-order valence-corrected chi connectivity index (χ0v) is 8.14. The first kappa shape index (κ1) is 9.02. The Morgan fingerprint density at radius 2 is 2.29 bits per heavy atom. The molecule has 0 saturated heterocycles. The third-order valence-corrected chi connectivity index (χ3v) is 2.30. The summed E-state index contributed by atoms with van der Waals surface area (Å²) in [5.74, 6) is 0. The highest BCUT2D eigenvalue weighted by Gasteiger charge is 2.29. The average Bonchev–Trinajstić information content (AvgIpc) is 2.72. The lowest BCUT2D eigenvalue weighted by Crippen LogP contribution is -2.22. The van der Waals surface area contributed by atoms with Crippen LogP contribution in [0.15, 0.2) is 35.3 Å². The van der Waals surface area contributed by atoms with Crippen LogP contribution in [0.5, 0.6) is 0 Å². The maximum atomic E-state index is 10.2. The number of aryl methyl sites for hydroxylation is 1. The second-order valence-corrected chi connectivity index (χ2v) is 3.46. The molecule has 0 spiro atoms. The fraction of sp³-hybridized carbons (Fsp3) is 0.300. The maximum Gasteiger partial charge on any atom is 0.134 e. The molecule has 0 saturated carbocycles. The molecule has 2 aromatic rings. The molecular weight excluding hydrogens is 180 g/mol. The number of hydrogen-bond acceptors (Lipinski definition) is 3. The molecule has 2 rings (SSSR count). The summed E-state index contributed by atoms with van der Waals surface area (Å²) in [5, 5.41) is 14.4. The van der Waals surface area contributed by atoms with Crippen LogP contribution in [0.25, 0.3) is 0 Å². The molecule has 14 heavy (non-hydrogen) atoms. The van der Waals surface area contributed by atoms with Gasteiger partial charge in [0.05, 0.1) is 18.2 Å². The van der Waals surface area contributed by atoms with Gasteiger partial charge < -0.3 is 9.52 Å². The quantitative estimate of drug-likeness (QED) is 0.779. The van der Waals surface area contributed by atoms with E-state index in [-0.39, 0.29) is 0 Å². The van der Waals surface area contributed by atoms with Crippen LogP contribution in [-0.4, -0.2) is 14.9 Å². The zero-order chi connectivity index (χ0) is 10.2. The molecule has 0 aromatic carbocycles. The summed E-state index contributed by atoms with van der Waals surface area (Å²) >= 11 is 0. The first-order valence-corrected chi connectivity index (χ1v) is 4.36. The molecule has 4 nitrogen and oxygen atoms in total. The predicted octanol–water partition coefficient (Wildman–Crippen LogP) is 1.27. The minimum atomic E-state index is -1.09. The lowest BCUT2D eigenvalue weighted by atomic mass is 9.95. The van der Waals surface area contributed by atoms with Crippen LogP contribution in [0.1, 0.15) is 18.2 Å². The van der Waals surface area contributed by atoms with Crippen molar-refractivity contribution in [3.05, 3.63) is 42.1 Å². The van der Waals surface area contributed by atoms with Crippen molar-refractivity contribution in [2.45, 2.75) is 12.5 Å². The summed E-state index contributed by atoms with van der Waals surface area (Å²) in [6, 6.07) is 3.52. The van der Waals surface area contributed by atoms with Gasteiger partial charge in [-0.2, -0.15) is 5.10 Å². The second kappa shape index (κ2) is 2.99. The Bertz CT molecular complexity index is 415. The van der Waals surface area contributed by atoms with E-state index in [1.165, 1.54) is 12.5 Å². The molecule has 0 aliphatic rings. The summed E-state index contributed by atoms with van der Waals surface area (Å²) < 4.78 is 6.59. The van der Waals surface area contributed by atoms with Gasteiger partial charge in [0, 0.05) is 18.8 Å². The van der Waals surface area contributed by atoms with Crippen molar-refractivity contribution in [2.24, 2.45) is 7.05 Å². The number of aliphatic hydroxyl groups is 1. The molecule has 74 valence electrons. The van der Waals surface area contributed by atoms with E-state index in [2.05, 4.69) is 5.10 Å². The standard InChI is InChI=1S/C10H12N2O2/c1-10(13,8-4-6-14-7-8)9-3-5-12(2)11-9/h3-7,13H,1-2H3. The minimum Gasteiger partial charge on any atom is -0.472 e. The van der Waals surface area contributed by atoms with E-state index in [0.717, 1.165) is 0 Å². The summed E-state index contributed by atoms with van der Waals surface area (Å²) in [6.07, 6.45) is 4.85. The Hall–Kier alpha value is -1.55. The number of furan rings is 1. The molecule has 0 fully saturated rings. The predicted molar refractivity (Wildman–Crippen MR) is 50.6 cm³/mol. The topological polar surface area (TPSA) is 51.2 Å². The molecule has 1 N–H and O–H groups in total. The Balaban J connectivity index is 2.42. The lowest BCUT2D eigenvalue weighted by Gasteiger charge is -2.18. The molecule has 0 aliphatic carbocycles. The van der Waals surface area contributed by atoms with E-state index in [1.807, 2.05) is 7.05 Å². The Kier molecular flexibility index (Phi) is 1.93. The van der Waals surface area contributed by atoms with E-state index in [4.69, 9.17) is 4.42 Å². The van der Waals surface area contributed by atoms with Gasteiger partial charge in [0.15, 0.2) is 0 Å². The number of nitrogens with zero attached hydrogens (tertiary/aromatic N) is 2. The molecule has 1 atom stereocenters. The Morgan fingerprint density at radius 3 is 2.79 bits per heavy atom. The number of aromatic nitrogens is 2. The van der Waals surface area contributed by atoms with Gasteiger partial charge in [-0.15, -0.1) is 0 Å². The molecule has 0 amide bonds. The van der Waals surface area contributed by atoms with Crippen molar-refractivity contribution in [3.63, 3.8) is 0 Å². The van der Waals surface area contributed by atoms with Crippen LogP contribution in [-0.2, 0) is 12.6 Å². The maximum absolute atomic E-state index is 10.2. The minimum absolute atomic E-state index is 0.612. The van der Waals surface area contributed by atoms with Gasteiger partial charge in [0.2, 0.25) is 0 Å². The summed E-state index contributed by atoms with van der Waals surface area (Å²) in [6.45, 7) is 1.69. The normalized spacial score (nSPS) is 15.4. The van der Waals surface area contributed by atoms with Gasteiger partial charge >= 0.3 is 0 Å². The van der Waals surface area contributed by atoms with Crippen LogP contribution in [0.3, 0.4) is 0 Å². The van der Waals surface area contributed by atoms with Crippen molar-refractivity contribution >= 4 is 0 Å². The van der Waals surface area contributed by atoms with Crippen molar-refractivity contribution in [3.8, 4) is 0 Å². The summed E-state index contributed by atoms with van der Waals surface area (Å²) in [4.78, 5) is 0. The van der Waals surface area contributed by atoms with Crippen LogP contribution >= 0.6 is 0 Å². The van der Waals surface area contributed by atoms with Gasteiger partial charge in [-0.3, -0.25) is 4.68 Å². The third kappa shape index (κ3) is 1.33. The fourth-order valence-electron chi connectivity index (χ4n) is 1.36. The highest BCUT2D eigenvalue weighted by Crippen LogP contribution is 2.27. The number of rotatable bonds is 2. The third-order valence-electron chi connectivity index (χ3n) is 2.30. The summed E-state index contributed by atoms with van der Waals surface area (Å²) in [5.41, 5.74) is 0.228. The van der Waals surface area contributed by atoms with Crippen LogP contribution in [0, 0.1) is 0 Å². The largest absolute Gasteiger partial charge is 0.472 e.